The second-order valence-corrected chi connectivity index (χ2v) is 6.68. The number of nitrogens with zero attached hydrogens (tertiary/aromatic N) is 1. The van der Waals surface area contributed by atoms with Gasteiger partial charge in [-0.2, -0.15) is 5.26 Å². The first-order valence-electron chi connectivity index (χ1n) is 8.46. The lowest BCUT2D eigenvalue weighted by atomic mass is 9.93. The average Bonchev–Trinajstić information content (AvgIpc) is 2.60. The van der Waals surface area contributed by atoms with Crippen molar-refractivity contribution < 1.29 is 9.59 Å². The van der Waals surface area contributed by atoms with Crippen LogP contribution in [-0.4, -0.2) is 11.7 Å². The van der Waals surface area contributed by atoms with Crippen LogP contribution in [0.25, 0.3) is 0 Å². The summed E-state index contributed by atoms with van der Waals surface area (Å²) in [6, 6.07) is 14.5. The Morgan fingerprint density at radius 1 is 1.08 bits per heavy atom. The van der Waals surface area contributed by atoms with Gasteiger partial charge in [0.25, 0.3) is 0 Å². The van der Waals surface area contributed by atoms with E-state index in [2.05, 4.69) is 5.32 Å². The van der Waals surface area contributed by atoms with Gasteiger partial charge >= 0.3 is 0 Å². The number of amides is 1. The van der Waals surface area contributed by atoms with Crippen molar-refractivity contribution in [2.75, 3.05) is 5.32 Å². The highest BCUT2D eigenvalue weighted by Crippen LogP contribution is 2.22. The van der Waals surface area contributed by atoms with E-state index in [1.165, 1.54) is 0 Å². The fourth-order valence-electron chi connectivity index (χ4n) is 2.77. The maximum Gasteiger partial charge on any atom is 0.224 e. The molecule has 0 aliphatic rings. The van der Waals surface area contributed by atoms with E-state index in [0.29, 0.717) is 17.0 Å². The molecule has 0 radical (unpaired) electrons. The molecule has 0 bridgehead atoms. The normalized spacial score (nSPS) is 11.5. The van der Waals surface area contributed by atoms with Crippen molar-refractivity contribution in [2.45, 2.75) is 39.0 Å². The van der Waals surface area contributed by atoms with Gasteiger partial charge in [-0.05, 0) is 49.1 Å². The molecule has 0 saturated carbocycles. The van der Waals surface area contributed by atoms with Crippen molar-refractivity contribution in [2.24, 2.45) is 0 Å². The predicted molar refractivity (Wildman–Crippen MR) is 103 cm³/mol. The van der Waals surface area contributed by atoms with Gasteiger partial charge in [-0.1, -0.05) is 41.9 Å². The minimum atomic E-state index is -0.825. The van der Waals surface area contributed by atoms with Gasteiger partial charge in [-0.15, -0.1) is 0 Å². The van der Waals surface area contributed by atoms with E-state index in [1.54, 1.807) is 24.3 Å². The number of para-hydroxylation sites is 1. The number of rotatable bonds is 7. The molecule has 0 aliphatic heterocycles. The molecule has 5 heteroatoms. The zero-order chi connectivity index (χ0) is 19.1. The Morgan fingerprint density at radius 2 is 1.69 bits per heavy atom. The summed E-state index contributed by atoms with van der Waals surface area (Å²) < 4.78 is 0. The van der Waals surface area contributed by atoms with Gasteiger partial charge in [0.05, 0.1) is 6.07 Å². The van der Waals surface area contributed by atoms with E-state index in [4.69, 9.17) is 11.6 Å². The highest BCUT2D eigenvalue weighted by Gasteiger charge is 2.20. The topological polar surface area (TPSA) is 70.0 Å². The molecule has 0 spiro atoms. The van der Waals surface area contributed by atoms with E-state index in [1.807, 2.05) is 38.1 Å². The molecule has 0 heterocycles. The van der Waals surface area contributed by atoms with Crippen molar-refractivity contribution in [1.29, 1.82) is 5.26 Å². The largest absolute Gasteiger partial charge is 0.326 e. The fourth-order valence-corrected chi connectivity index (χ4v) is 2.89. The van der Waals surface area contributed by atoms with Crippen LogP contribution in [0.4, 0.5) is 5.69 Å². The van der Waals surface area contributed by atoms with Crippen LogP contribution >= 0.6 is 11.6 Å². The van der Waals surface area contributed by atoms with Crippen molar-refractivity contribution in [3.8, 4) is 6.07 Å². The van der Waals surface area contributed by atoms with Crippen molar-refractivity contribution in [3.63, 3.8) is 0 Å². The number of halogens is 1. The first-order chi connectivity index (χ1) is 12.4. The van der Waals surface area contributed by atoms with Gasteiger partial charge < -0.3 is 5.32 Å². The van der Waals surface area contributed by atoms with Gasteiger partial charge in [0.1, 0.15) is 5.92 Å². The maximum absolute atomic E-state index is 12.3. The molecule has 2 aromatic rings. The highest BCUT2D eigenvalue weighted by atomic mass is 35.5. The Kier molecular flexibility index (Phi) is 6.94. The summed E-state index contributed by atoms with van der Waals surface area (Å²) in [6.07, 6.45) is 0.820. The fraction of sp³-hybridized carbons (Fsp3) is 0.286. The lowest BCUT2D eigenvalue weighted by Gasteiger charge is -2.12. The second kappa shape index (κ2) is 9.17. The van der Waals surface area contributed by atoms with Gasteiger partial charge in [0.2, 0.25) is 5.91 Å². The molecule has 0 fully saturated rings. The minimum absolute atomic E-state index is 0.129. The van der Waals surface area contributed by atoms with Crippen LogP contribution in [0.3, 0.4) is 0 Å². The number of nitriles is 1. The molecule has 0 aromatic heterocycles. The first kappa shape index (κ1) is 19.7. The number of anilines is 1. The third kappa shape index (κ3) is 5.18. The Labute approximate surface area is 158 Å². The Morgan fingerprint density at radius 3 is 2.27 bits per heavy atom. The number of hydrogen-bond donors (Lipinski definition) is 1. The van der Waals surface area contributed by atoms with Crippen LogP contribution in [0.2, 0.25) is 5.02 Å². The summed E-state index contributed by atoms with van der Waals surface area (Å²) in [5, 5.41) is 12.8. The molecule has 1 N–H and O–H groups in total. The SMILES string of the molecule is Cc1cccc(C)c1NC(=O)CCCC(=O)[C@H](C#N)c1ccc(Cl)cc1. The maximum atomic E-state index is 12.3. The van der Waals surface area contributed by atoms with E-state index in [9.17, 15) is 14.9 Å². The first-order valence-corrected chi connectivity index (χ1v) is 8.84. The van der Waals surface area contributed by atoms with Crippen LogP contribution in [-0.2, 0) is 9.59 Å². The summed E-state index contributed by atoms with van der Waals surface area (Å²) >= 11 is 5.83. The van der Waals surface area contributed by atoms with Gasteiger partial charge in [-0.25, -0.2) is 0 Å². The Bertz CT molecular complexity index is 818. The van der Waals surface area contributed by atoms with Crippen LogP contribution < -0.4 is 5.32 Å². The van der Waals surface area contributed by atoms with Crippen molar-refractivity contribution in [3.05, 3.63) is 64.2 Å². The summed E-state index contributed by atoms with van der Waals surface area (Å²) in [6.45, 7) is 3.88. The molecule has 0 aliphatic carbocycles. The molecule has 2 aromatic carbocycles. The van der Waals surface area contributed by atoms with Gasteiger partial charge in [0.15, 0.2) is 5.78 Å². The molecular weight excluding hydrogens is 348 g/mol. The molecule has 0 saturated heterocycles. The number of carbonyl (C=O) groups excluding carboxylic acids is 2. The molecular formula is C21H21ClN2O2. The molecule has 134 valence electrons. The third-order valence-corrected chi connectivity index (χ3v) is 4.48. The minimum Gasteiger partial charge on any atom is -0.326 e. The van der Waals surface area contributed by atoms with Crippen molar-refractivity contribution >= 4 is 29.0 Å². The molecule has 1 atom stereocenters. The van der Waals surface area contributed by atoms with E-state index in [-0.39, 0.29) is 24.5 Å². The Balaban J connectivity index is 1.88. The Hall–Kier alpha value is -2.64. The number of aryl methyl sites for hydroxylation is 2. The van der Waals surface area contributed by atoms with E-state index >= 15 is 0 Å². The van der Waals surface area contributed by atoms with E-state index < -0.39 is 5.92 Å². The van der Waals surface area contributed by atoms with Gasteiger partial charge in [-0.3, -0.25) is 9.59 Å². The summed E-state index contributed by atoms with van der Waals surface area (Å²) in [5.41, 5.74) is 3.45. The smallest absolute Gasteiger partial charge is 0.224 e. The zero-order valence-corrected chi connectivity index (χ0v) is 15.6. The second-order valence-electron chi connectivity index (χ2n) is 6.25. The lowest BCUT2D eigenvalue weighted by molar-refractivity contribution is -0.119. The van der Waals surface area contributed by atoms with Crippen LogP contribution in [0, 0.1) is 25.2 Å². The number of nitrogens with one attached hydrogen (secondary N) is 1. The average molecular weight is 369 g/mol. The molecule has 0 unspecified atom stereocenters. The van der Waals surface area contributed by atoms with E-state index in [0.717, 1.165) is 16.8 Å². The summed E-state index contributed by atoms with van der Waals surface area (Å²) in [7, 11) is 0. The standard InChI is InChI=1S/C21H21ClN2O2/c1-14-5-3-6-15(2)21(14)24-20(26)8-4-7-19(25)18(13-23)16-9-11-17(22)12-10-16/h3,5-6,9-12,18H,4,7-8H2,1-2H3,(H,24,26)/t18-/m1/s1. The summed E-state index contributed by atoms with van der Waals surface area (Å²) in [5.74, 6) is -1.14. The molecule has 2 rings (SSSR count). The zero-order valence-electron chi connectivity index (χ0n) is 14.9. The molecule has 1 amide bonds. The van der Waals surface area contributed by atoms with Crippen LogP contribution in [0.5, 0.6) is 0 Å². The van der Waals surface area contributed by atoms with Crippen LogP contribution in [0.1, 0.15) is 41.9 Å². The number of hydrogen-bond acceptors (Lipinski definition) is 3. The van der Waals surface area contributed by atoms with Gasteiger partial charge in [0, 0.05) is 23.6 Å². The predicted octanol–water partition coefficient (Wildman–Crippen LogP) is 4.94. The lowest BCUT2D eigenvalue weighted by Crippen LogP contribution is -2.15. The highest BCUT2D eigenvalue weighted by molar-refractivity contribution is 6.30. The molecule has 4 nitrogen and oxygen atoms in total. The number of benzene rings is 2. The van der Waals surface area contributed by atoms with Crippen LogP contribution in [0.15, 0.2) is 42.5 Å². The molecule has 26 heavy (non-hydrogen) atoms. The monoisotopic (exact) mass is 368 g/mol. The number of ketones is 1. The number of Topliss-reactive ketones (excluding diaryl/α,β-unsaturated/α-hetero) is 1. The summed E-state index contributed by atoms with van der Waals surface area (Å²) in [4.78, 5) is 24.5. The van der Waals surface area contributed by atoms with Crippen molar-refractivity contribution in [1.82, 2.24) is 0 Å². The quantitative estimate of drug-likeness (QED) is 0.752. The number of carbonyl (C=O) groups is 2. The third-order valence-electron chi connectivity index (χ3n) is 4.23.